The van der Waals surface area contributed by atoms with Gasteiger partial charge in [-0.15, -0.1) is 0 Å². The summed E-state index contributed by atoms with van der Waals surface area (Å²) in [6, 6.07) is 12.6. The van der Waals surface area contributed by atoms with Gasteiger partial charge in [0.15, 0.2) is 0 Å². The summed E-state index contributed by atoms with van der Waals surface area (Å²) in [5.41, 5.74) is 0. The Morgan fingerprint density at radius 2 is 1.78 bits per heavy atom. The molecule has 18 heavy (non-hydrogen) atoms. The highest BCUT2D eigenvalue weighted by Gasteiger charge is 2.04. The molecule has 2 aromatic carbocycles. The minimum absolute atomic E-state index is 0.671. The molecule has 0 amide bonds. The van der Waals surface area contributed by atoms with E-state index in [2.05, 4.69) is 15.9 Å². The van der Waals surface area contributed by atoms with Crippen LogP contribution in [-0.4, -0.2) is 0 Å². The van der Waals surface area contributed by atoms with Crippen molar-refractivity contribution >= 4 is 39.3 Å². The van der Waals surface area contributed by atoms with Crippen molar-refractivity contribution in [3.63, 3.8) is 0 Å². The average Bonchev–Trinajstić information content (AvgIpc) is 2.36. The summed E-state index contributed by atoms with van der Waals surface area (Å²) in [7, 11) is 0. The summed E-state index contributed by atoms with van der Waals surface area (Å²) in [5.74, 6) is 1.42. The van der Waals surface area contributed by atoms with Crippen LogP contribution < -0.4 is 4.74 Å². The highest BCUT2D eigenvalue weighted by Crippen LogP contribution is 2.32. The molecule has 0 heterocycles. The molecule has 0 atom stereocenters. The molecular weight excluding hydrogens is 334 g/mol. The zero-order valence-electron chi connectivity index (χ0n) is 9.06. The van der Waals surface area contributed by atoms with Gasteiger partial charge in [0.2, 0.25) is 0 Å². The zero-order chi connectivity index (χ0) is 13.0. The van der Waals surface area contributed by atoms with Crippen molar-refractivity contribution in [2.45, 2.75) is 4.90 Å². The summed E-state index contributed by atoms with van der Waals surface area (Å²) < 4.78 is 6.50. The molecule has 2 aromatic rings. The van der Waals surface area contributed by atoms with Gasteiger partial charge in [-0.2, -0.15) is 5.26 Å². The van der Waals surface area contributed by atoms with Crippen LogP contribution in [0.15, 0.2) is 51.8 Å². The van der Waals surface area contributed by atoms with Gasteiger partial charge in [0.05, 0.1) is 0 Å². The molecule has 90 valence electrons. The van der Waals surface area contributed by atoms with E-state index in [-0.39, 0.29) is 0 Å². The minimum atomic E-state index is 0.671. The van der Waals surface area contributed by atoms with E-state index in [0.717, 1.165) is 21.1 Å². The summed E-state index contributed by atoms with van der Waals surface area (Å²) >= 11 is 10.3. The molecule has 2 nitrogen and oxygen atoms in total. The van der Waals surface area contributed by atoms with Crippen LogP contribution in [0.5, 0.6) is 11.5 Å². The molecule has 0 radical (unpaired) electrons. The molecule has 0 aliphatic rings. The molecule has 0 aliphatic heterocycles. The number of thioether (sulfide) groups is 1. The number of hydrogen-bond acceptors (Lipinski definition) is 3. The summed E-state index contributed by atoms with van der Waals surface area (Å²) in [6.07, 6.45) is 0. The number of halogens is 2. The van der Waals surface area contributed by atoms with E-state index in [1.165, 1.54) is 0 Å². The van der Waals surface area contributed by atoms with E-state index < -0.39 is 0 Å². The van der Waals surface area contributed by atoms with Crippen molar-refractivity contribution in [1.29, 1.82) is 5.26 Å². The molecule has 0 saturated heterocycles. The topological polar surface area (TPSA) is 33.0 Å². The highest BCUT2D eigenvalue weighted by molar-refractivity contribution is 9.10. The SMILES string of the molecule is N#CSc1ccc(Oc2ccc(Cl)cc2)cc1Br. The number of hydrogen-bond donors (Lipinski definition) is 0. The van der Waals surface area contributed by atoms with Crippen LogP contribution in [0.25, 0.3) is 0 Å². The van der Waals surface area contributed by atoms with Gasteiger partial charge >= 0.3 is 0 Å². The number of benzene rings is 2. The maximum Gasteiger partial charge on any atom is 0.138 e. The van der Waals surface area contributed by atoms with Gasteiger partial charge in [-0.25, -0.2) is 0 Å². The molecular formula is C13H7BrClNOS. The first-order chi connectivity index (χ1) is 8.69. The van der Waals surface area contributed by atoms with Crippen LogP contribution in [0.1, 0.15) is 0 Å². The minimum Gasteiger partial charge on any atom is -0.457 e. The number of nitriles is 1. The Labute approximate surface area is 123 Å². The van der Waals surface area contributed by atoms with Crippen molar-refractivity contribution in [3.05, 3.63) is 52.0 Å². The van der Waals surface area contributed by atoms with Crippen LogP contribution in [0, 0.1) is 10.7 Å². The number of thiocyanates is 1. The Kier molecular flexibility index (Phi) is 4.54. The van der Waals surface area contributed by atoms with Gasteiger partial charge in [0.25, 0.3) is 0 Å². The van der Waals surface area contributed by atoms with E-state index in [1.54, 1.807) is 24.3 Å². The second-order valence-electron chi connectivity index (χ2n) is 3.34. The summed E-state index contributed by atoms with van der Waals surface area (Å²) in [4.78, 5) is 0.862. The predicted molar refractivity (Wildman–Crippen MR) is 77.1 cm³/mol. The van der Waals surface area contributed by atoms with Gasteiger partial charge in [-0.3, -0.25) is 0 Å². The Bertz CT molecular complexity index is 595. The summed E-state index contributed by atoms with van der Waals surface area (Å²) in [5, 5.41) is 11.3. The Hall–Kier alpha value is -1.15. The average molecular weight is 341 g/mol. The van der Waals surface area contributed by atoms with Crippen molar-refractivity contribution < 1.29 is 4.74 Å². The predicted octanol–water partition coefficient (Wildman–Crippen LogP) is 5.47. The van der Waals surface area contributed by atoms with Crippen LogP contribution in [0.2, 0.25) is 5.02 Å². The smallest absolute Gasteiger partial charge is 0.138 e. The fourth-order valence-electron chi connectivity index (χ4n) is 1.32. The zero-order valence-corrected chi connectivity index (χ0v) is 12.2. The Morgan fingerprint density at radius 1 is 1.11 bits per heavy atom. The summed E-state index contributed by atoms with van der Waals surface area (Å²) in [6.45, 7) is 0. The quantitative estimate of drug-likeness (QED) is 0.549. The van der Waals surface area contributed by atoms with Crippen molar-refractivity contribution in [2.24, 2.45) is 0 Å². The van der Waals surface area contributed by atoms with Crippen molar-refractivity contribution in [3.8, 4) is 16.9 Å². The maximum atomic E-state index is 8.62. The van der Waals surface area contributed by atoms with Crippen LogP contribution >= 0.6 is 39.3 Å². The van der Waals surface area contributed by atoms with Crippen LogP contribution in [0.3, 0.4) is 0 Å². The van der Waals surface area contributed by atoms with E-state index in [0.29, 0.717) is 16.5 Å². The van der Waals surface area contributed by atoms with Crippen LogP contribution in [0.4, 0.5) is 0 Å². The lowest BCUT2D eigenvalue weighted by molar-refractivity contribution is 0.482. The number of rotatable bonds is 3. The molecule has 5 heteroatoms. The van der Waals surface area contributed by atoms with E-state index in [1.807, 2.05) is 23.6 Å². The third kappa shape index (κ3) is 3.42. The molecule has 0 aromatic heterocycles. The molecule has 0 N–H and O–H groups in total. The molecule has 0 saturated carbocycles. The molecule has 0 unspecified atom stereocenters. The first kappa shape index (κ1) is 13.3. The van der Waals surface area contributed by atoms with Gasteiger partial charge in [0, 0.05) is 14.4 Å². The molecule has 0 bridgehead atoms. The second-order valence-corrected chi connectivity index (χ2v) is 5.46. The molecule has 0 spiro atoms. The van der Waals surface area contributed by atoms with Crippen molar-refractivity contribution in [2.75, 3.05) is 0 Å². The van der Waals surface area contributed by atoms with Gasteiger partial charge in [0.1, 0.15) is 16.9 Å². The van der Waals surface area contributed by atoms with E-state index in [9.17, 15) is 0 Å². The lowest BCUT2D eigenvalue weighted by Crippen LogP contribution is -1.84. The largest absolute Gasteiger partial charge is 0.457 e. The van der Waals surface area contributed by atoms with Crippen molar-refractivity contribution in [1.82, 2.24) is 0 Å². The second kappa shape index (κ2) is 6.14. The highest BCUT2D eigenvalue weighted by atomic mass is 79.9. The first-order valence-corrected chi connectivity index (χ1v) is 6.96. The van der Waals surface area contributed by atoms with E-state index >= 15 is 0 Å². The third-order valence-corrected chi connectivity index (χ3v) is 3.95. The molecule has 2 rings (SSSR count). The Balaban J connectivity index is 2.17. The van der Waals surface area contributed by atoms with Gasteiger partial charge in [-0.05, 0) is 70.2 Å². The lowest BCUT2D eigenvalue weighted by Gasteiger charge is -2.07. The molecule has 0 aliphatic carbocycles. The fourth-order valence-corrected chi connectivity index (χ4v) is 2.43. The number of ether oxygens (including phenoxy) is 1. The maximum absolute atomic E-state index is 8.62. The lowest BCUT2D eigenvalue weighted by atomic mass is 10.3. The number of nitrogens with zero attached hydrogens (tertiary/aromatic N) is 1. The third-order valence-electron chi connectivity index (χ3n) is 2.11. The van der Waals surface area contributed by atoms with Gasteiger partial charge in [-0.1, -0.05) is 11.6 Å². The molecule has 0 fully saturated rings. The van der Waals surface area contributed by atoms with E-state index in [4.69, 9.17) is 21.6 Å². The standard InChI is InChI=1S/C13H7BrClNOS/c14-12-7-11(5-6-13(12)18-8-16)17-10-3-1-9(15)2-4-10/h1-7H. The Morgan fingerprint density at radius 3 is 2.39 bits per heavy atom. The first-order valence-electron chi connectivity index (χ1n) is 4.98. The normalized spacial score (nSPS) is 9.83. The van der Waals surface area contributed by atoms with Crippen LogP contribution in [-0.2, 0) is 0 Å². The fraction of sp³-hybridized carbons (Fsp3) is 0. The van der Waals surface area contributed by atoms with Gasteiger partial charge < -0.3 is 4.74 Å². The monoisotopic (exact) mass is 339 g/mol.